The second-order valence-electron chi connectivity index (χ2n) is 14.7. The molecule has 0 saturated heterocycles. The average molecular weight is 707 g/mol. The van der Waals surface area contributed by atoms with E-state index in [1.54, 1.807) is 11.2 Å². The van der Waals surface area contributed by atoms with Gasteiger partial charge in [0.15, 0.2) is 0 Å². The number of hydrazine groups is 1. The van der Waals surface area contributed by atoms with Gasteiger partial charge in [-0.25, -0.2) is 20.0 Å². The Balaban J connectivity index is 1.95. The van der Waals surface area contributed by atoms with E-state index in [1.165, 1.54) is 14.2 Å². The molecule has 3 aromatic rings. The van der Waals surface area contributed by atoms with E-state index in [-0.39, 0.29) is 19.5 Å². The number of aliphatic hydroxyl groups is 2. The van der Waals surface area contributed by atoms with Gasteiger partial charge in [-0.15, -0.1) is 0 Å². The SMILES string of the molecule is COC(=O)NC(C(=O)N[C@@H](Cc1ccccc1)[C@@H](O)CN(Cc1ccc(-c2ccccn2)cc1)NC(O)[C@@H](NC(=O)OC)C(C)(C)C)C(C)(C)C. The fourth-order valence-corrected chi connectivity index (χ4v) is 5.54. The van der Waals surface area contributed by atoms with Gasteiger partial charge in [0.25, 0.3) is 0 Å². The summed E-state index contributed by atoms with van der Waals surface area (Å²) in [4.78, 5) is 42.6. The predicted octanol–water partition coefficient (Wildman–Crippen LogP) is 4.00. The van der Waals surface area contributed by atoms with Crippen molar-refractivity contribution in [3.63, 3.8) is 0 Å². The lowest BCUT2D eigenvalue weighted by Gasteiger charge is -2.39. The van der Waals surface area contributed by atoms with Crippen LogP contribution in [0.1, 0.15) is 52.7 Å². The third-order valence-corrected chi connectivity index (χ3v) is 8.38. The van der Waals surface area contributed by atoms with Crippen molar-refractivity contribution in [2.75, 3.05) is 20.8 Å². The molecule has 1 heterocycles. The molecule has 6 N–H and O–H groups in total. The Bertz CT molecular complexity index is 1530. The molecule has 5 atom stereocenters. The second kappa shape index (κ2) is 18.6. The molecule has 0 spiro atoms. The molecule has 3 amide bonds. The molecular formula is C38H54N6O7. The molecule has 0 aliphatic rings. The van der Waals surface area contributed by atoms with Gasteiger partial charge in [0.1, 0.15) is 12.3 Å². The number of amides is 3. The first kappa shape index (κ1) is 40.9. The minimum absolute atomic E-state index is 0.0590. The van der Waals surface area contributed by atoms with Crippen LogP contribution in [0.4, 0.5) is 9.59 Å². The van der Waals surface area contributed by atoms with Crippen molar-refractivity contribution in [2.24, 2.45) is 10.8 Å². The third kappa shape index (κ3) is 12.9. The largest absolute Gasteiger partial charge is 0.453 e. The molecule has 1 aromatic heterocycles. The lowest BCUT2D eigenvalue weighted by molar-refractivity contribution is -0.127. The molecule has 13 heteroatoms. The standard InChI is InChI=1S/C38H54N6O7/c1-37(2,3)31(41-35(48)50-7)33(46)40-29(22-25-14-10-9-11-15-25)30(45)24-44(43-34(47)32(38(4,5)6)42-36(49)51-8)23-26-17-19-27(20-18-26)28-16-12-13-21-39-28/h9-21,29-32,34,43,45,47H,22-24H2,1-8H3,(H,40,46)(H,41,48)(H,42,49)/t29-,30-,31?,32+,34?/m0/s1. The minimum Gasteiger partial charge on any atom is -0.453 e. The van der Waals surface area contributed by atoms with Crippen LogP contribution in [0, 0.1) is 10.8 Å². The highest BCUT2D eigenvalue weighted by Gasteiger charge is 2.37. The number of benzene rings is 2. The smallest absolute Gasteiger partial charge is 0.407 e. The van der Waals surface area contributed by atoms with E-state index in [4.69, 9.17) is 9.47 Å². The maximum absolute atomic E-state index is 13.8. The zero-order chi connectivity index (χ0) is 37.8. The Hall–Kier alpha value is -4.56. The zero-order valence-corrected chi connectivity index (χ0v) is 30.8. The molecule has 0 bridgehead atoms. The molecule has 2 aromatic carbocycles. The van der Waals surface area contributed by atoms with E-state index < -0.39 is 59.4 Å². The number of ether oxygens (including phenoxy) is 2. The van der Waals surface area contributed by atoms with Crippen LogP contribution in [-0.2, 0) is 27.2 Å². The van der Waals surface area contributed by atoms with Crippen LogP contribution in [0.25, 0.3) is 11.3 Å². The Labute approximate surface area is 301 Å². The van der Waals surface area contributed by atoms with Gasteiger partial charge < -0.3 is 35.6 Å². The Morgan fingerprint density at radius 3 is 1.92 bits per heavy atom. The van der Waals surface area contributed by atoms with Crippen molar-refractivity contribution in [1.29, 1.82) is 0 Å². The summed E-state index contributed by atoms with van der Waals surface area (Å²) in [6.07, 6.45) is -1.94. The number of aromatic nitrogens is 1. The predicted molar refractivity (Wildman–Crippen MR) is 195 cm³/mol. The number of rotatable bonds is 15. The molecule has 0 fully saturated rings. The van der Waals surface area contributed by atoms with Crippen LogP contribution in [0.15, 0.2) is 79.0 Å². The summed E-state index contributed by atoms with van der Waals surface area (Å²) in [6.45, 7) is 11.2. The van der Waals surface area contributed by atoms with Gasteiger partial charge in [0.05, 0.1) is 38.1 Å². The maximum atomic E-state index is 13.8. The minimum atomic E-state index is -1.30. The van der Waals surface area contributed by atoms with Crippen LogP contribution >= 0.6 is 0 Å². The fraction of sp³-hybridized carbons (Fsp3) is 0.474. The third-order valence-electron chi connectivity index (χ3n) is 8.38. The van der Waals surface area contributed by atoms with Crippen molar-refractivity contribution in [2.45, 2.75) is 85.0 Å². The lowest BCUT2D eigenvalue weighted by Crippen LogP contribution is -2.62. The van der Waals surface area contributed by atoms with Gasteiger partial charge in [-0.1, -0.05) is 102 Å². The molecule has 2 unspecified atom stereocenters. The fourth-order valence-electron chi connectivity index (χ4n) is 5.54. The molecule has 0 saturated carbocycles. The van der Waals surface area contributed by atoms with E-state index in [9.17, 15) is 24.6 Å². The first-order chi connectivity index (χ1) is 24.0. The van der Waals surface area contributed by atoms with Crippen LogP contribution in [-0.4, -0.2) is 89.5 Å². The van der Waals surface area contributed by atoms with Crippen LogP contribution in [0.2, 0.25) is 0 Å². The number of carbonyl (C=O) groups is 3. The monoisotopic (exact) mass is 706 g/mol. The summed E-state index contributed by atoms with van der Waals surface area (Å²) in [5.74, 6) is -0.493. The number of nitrogens with one attached hydrogen (secondary N) is 4. The van der Waals surface area contributed by atoms with Gasteiger partial charge in [0.2, 0.25) is 5.91 Å². The maximum Gasteiger partial charge on any atom is 0.407 e. The van der Waals surface area contributed by atoms with Crippen molar-refractivity contribution >= 4 is 18.1 Å². The molecule has 13 nitrogen and oxygen atoms in total. The van der Waals surface area contributed by atoms with Crippen LogP contribution in [0.3, 0.4) is 0 Å². The summed E-state index contributed by atoms with van der Waals surface area (Å²) in [6, 6.07) is 20.3. The van der Waals surface area contributed by atoms with Crippen molar-refractivity contribution < 1.29 is 34.1 Å². The topological polar surface area (TPSA) is 174 Å². The molecule has 51 heavy (non-hydrogen) atoms. The van der Waals surface area contributed by atoms with Gasteiger partial charge >= 0.3 is 12.2 Å². The highest BCUT2D eigenvalue weighted by molar-refractivity contribution is 5.86. The quantitative estimate of drug-likeness (QED) is 0.100. The number of methoxy groups -OCH3 is 2. The van der Waals surface area contributed by atoms with E-state index in [0.717, 1.165) is 22.4 Å². The second-order valence-corrected chi connectivity index (χ2v) is 14.7. The lowest BCUT2D eigenvalue weighted by atomic mass is 9.85. The number of aliphatic hydroxyl groups excluding tert-OH is 2. The molecule has 0 aliphatic heterocycles. The zero-order valence-electron chi connectivity index (χ0n) is 30.8. The number of nitrogens with zero attached hydrogens (tertiary/aromatic N) is 2. The van der Waals surface area contributed by atoms with Crippen molar-refractivity contribution in [3.8, 4) is 11.3 Å². The summed E-state index contributed by atoms with van der Waals surface area (Å²) >= 11 is 0. The molecule has 3 rings (SSSR count). The normalized spacial score (nSPS) is 14.8. The van der Waals surface area contributed by atoms with E-state index in [2.05, 4.69) is 26.4 Å². The first-order valence-corrected chi connectivity index (χ1v) is 16.9. The number of carbonyl (C=O) groups excluding carboxylic acids is 3. The van der Waals surface area contributed by atoms with Gasteiger partial charge in [-0.2, -0.15) is 0 Å². The summed E-state index contributed by atoms with van der Waals surface area (Å²) in [5.41, 5.74) is 5.27. The van der Waals surface area contributed by atoms with Gasteiger partial charge in [-0.05, 0) is 40.5 Å². The van der Waals surface area contributed by atoms with Crippen molar-refractivity contribution in [3.05, 3.63) is 90.1 Å². The number of pyridine rings is 1. The Morgan fingerprint density at radius 1 is 0.765 bits per heavy atom. The summed E-state index contributed by atoms with van der Waals surface area (Å²) in [7, 11) is 2.47. The average Bonchev–Trinajstić information content (AvgIpc) is 3.08. The Kier molecular flexibility index (Phi) is 14.9. The van der Waals surface area contributed by atoms with E-state index >= 15 is 0 Å². The molecule has 278 valence electrons. The molecule has 0 radical (unpaired) electrons. The van der Waals surface area contributed by atoms with Gasteiger partial charge in [-0.3, -0.25) is 9.78 Å². The van der Waals surface area contributed by atoms with E-state index in [1.807, 2.05) is 114 Å². The Morgan fingerprint density at radius 2 is 1.37 bits per heavy atom. The molecule has 0 aliphatic carbocycles. The first-order valence-electron chi connectivity index (χ1n) is 16.9. The highest BCUT2D eigenvalue weighted by atomic mass is 16.5. The number of hydrogen-bond donors (Lipinski definition) is 6. The molecular weight excluding hydrogens is 652 g/mol. The summed E-state index contributed by atoms with van der Waals surface area (Å²) < 4.78 is 9.59. The van der Waals surface area contributed by atoms with Crippen LogP contribution < -0.4 is 21.4 Å². The van der Waals surface area contributed by atoms with Crippen LogP contribution in [0.5, 0.6) is 0 Å². The van der Waals surface area contributed by atoms with Crippen molar-refractivity contribution in [1.82, 2.24) is 31.4 Å². The number of hydrogen-bond acceptors (Lipinski definition) is 10. The van der Waals surface area contributed by atoms with E-state index in [0.29, 0.717) is 0 Å². The highest BCUT2D eigenvalue weighted by Crippen LogP contribution is 2.24. The summed E-state index contributed by atoms with van der Waals surface area (Å²) in [5, 5.41) is 33.3. The number of alkyl carbamates (subject to hydrolysis) is 2. The van der Waals surface area contributed by atoms with Gasteiger partial charge in [0, 0.05) is 24.8 Å².